The Bertz CT molecular complexity index is 252. The van der Waals surface area contributed by atoms with Gasteiger partial charge in [-0.05, 0) is 19.1 Å². The molecule has 2 N–H and O–H groups in total. The Hall–Kier alpha value is -1.00. The Morgan fingerprint density at radius 2 is 2.08 bits per heavy atom. The van der Waals surface area contributed by atoms with E-state index in [9.17, 15) is 10.2 Å². The second-order valence-electron chi connectivity index (χ2n) is 3.13. The molecule has 1 rings (SSSR count). The molecule has 1 aliphatic rings. The van der Waals surface area contributed by atoms with Crippen LogP contribution >= 0.6 is 0 Å². The second-order valence-corrected chi connectivity index (χ2v) is 3.13. The van der Waals surface area contributed by atoms with E-state index in [4.69, 9.17) is 9.47 Å². The van der Waals surface area contributed by atoms with Gasteiger partial charge < -0.3 is 19.7 Å². The van der Waals surface area contributed by atoms with Crippen LogP contribution in [0.3, 0.4) is 0 Å². The van der Waals surface area contributed by atoms with E-state index in [-0.39, 0.29) is 5.76 Å². The van der Waals surface area contributed by atoms with Crippen molar-refractivity contribution in [2.45, 2.75) is 18.6 Å². The summed E-state index contributed by atoms with van der Waals surface area (Å²) >= 11 is 0. The molecule has 0 bridgehead atoms. The Kier molecular flexibility index (Phi) is 2.63. The van der Waals surface area contributed by atoms with E-state index in [0.717, 1.165) is 0 Å². The van der Waals surface area contributed by atoms with Crippen molar-refractivity contribution in [3.8, 4) is 0 Å². The quantitative estimate of drug-likeness (QED) is 0.667. The fourth-order valence-corrected chi connectivity index (χ4v) is 1.35. The van der Waals surface area contributed by atoms with Crippen molar-refractivity contribution in [1.82, 2.24) is 0 Å². The lowest BCUT2D eigenvalue weighted by molar-refractivity contribution is -0.0549. The molecule has 0 fully saturated rings. The number of rotatable bonds is 2. The van der Waals surface area contributed by atoms with E-state index in [2.05, 4.69) is 0 Å². The number of aliphatic hydroxyl groups excluding tert-OH is 1. The van der Waals surface area contributed by atoms with Gasteiger partial charge in [-0.2, -0.15) is 0 Å². The monoisotopic (exact) mass is 186 g/mol. The average molecular weight is 186 g/mol. The number of aliphatic hydroxyl groups is 2. The molecule has 0 aromatic heterocycles. The van der Waals surface area contributed by atoms with Gasteiger partial charge in [0.05, 0.1) is 7.11 Å². The molecule has 0 aliphatic heterocycles. The zero-order valence-corrected chi connectivity index (χ0v) is 7.94. The molecule has 0 amide bonds. The summed E-state index contributed by atoms with van der Waals surface area (Å²) in [6.45, 7) is 1.56. The standard InChI is InChI=1S/C9H14O4/c1-9(11)5-4-6(12-2)7(10)8(9)13-3/h4-5,8,10-11H,1-3H3. The van der Waals surface area contributed by atoms with Crippen molar-refractivity contribution < 1.29 is 19.7 Å². The van der Waals surface area contributed by atoms with E-state index >= 15 is 0 Å². The minimum absolute atomic E-state index is 0.0856. The summed E-state index contributed by atoms with van der Waals surface area (Å²) in [6, 6.07) is 0. The number of ether oxygens (including phenoxy) is 2. The van der Waals surface area contributed by atoms with Crippen LogP contribution in [0.4, 0.5) is 0 Å². The summed E-state index contributed by atoms with van der Waals surface area (Å²) in [5.74, 6) is 0.232. The van der Waals surface area contributed by atoms with Gasteiger partial charge in [0.2, 0.25) is 0 Å². The molecule has 4 nitrogen and oxygen atoms in total. The maximum absolute atomic E-state index is 9.76. The normalized spacial score (nSPS) is 33.7. The molecule has 0 heterocycles. The third-order valence-electron chi connectivity index (χ3n) is 2.06. The Morgan fingerprint density at radius 3 is 2.54 bits per heavy atom. The van der Waals surface area contributed by atoms with Crippen molar-refractivity contribution in [3.63, 3.8) is 0 Å². The van der Waals surface area contributed by atoms with E-state index in [0.29, 0.717) is 5.76 Å². The molecule has 0 radical (unpaired) electrons. The number of allylic oxidation sites excluding steroid dienone is 1. The maximum Gasteiger partial charge on any atom is 0.167 e. The summed E-state index contributed by atoms with van der Waals surface area (Å²) in [6.07, 6.45) is 2.28. The number of methoxy groups -OCH3 is 2. The van der Waals surface area contributed by atoms with Gasteiger partial charge >= 0.3 is 0 Å². The van der Waals surface area contributed by atoms with Crippen LogP contribution in [0, 0.1) is 0 Å². The fourth-order valence-electron chi connectivity index (χ4n) is 1.35. The highest BCUT2D eigenvalue weighted by atomic mass is 16.5. The van der Waals surface area contributed by atoms with E-state index < -0.39 is 11.7 Å². The molecule has 0 aromatic carbocycles. The molecule has 0 spiro atoms. The van der Waals surface area contributed by atoms with E-state index in [1.54, 1.807) is 6.92 Å². The van der Waals surface area contributed by atoms with Gasteiger partial charge in [-0.25, -0.2) is 0 Å². The van der Waals surface area contributed by atoms with Crippen LogP contribution in [0.1, 0.15) is 6.92 Å². The third kappa shape index (κ3) is 1.68. The zero-order valence-electron chi connectivity index (χ0n) is 7.94. The van der Waals surface area contributed by atoms with Gasteiger partial charge in [-0.15, -0.1) is 0 Å². The lowest BCUT2D eigenvalue weighted by Crippen LogP contribution is -2.42. The van der Waals surface area contributed by atoms with Crippen LogP contribution in [0.15, 0.2) is 23.7 Å². The first kappa shape index (κ1) is 10.1. The van der Waals surface area contributed by atoms with Crippen LogP contribution in [-0.4, -0.2) is 36.1 Å². The highest BCUT2D eigenvalue weighted by Crippen LogP contribution is 2.28. The molecule has 2 atom stereocenters. The van der Waals surface area contributed by atoms with Crippen molar-refractivity contribution in [2.75, 3.05) is 14.2 Å². The van der Waals surface area contributed by atoms with Gasteiger partial charge in [0.15, 0.2) is 11.5 Å². The van der Waals surface area contributed by atoms with Gasteiger partial charge in [0.25, 0.3) is 0 Å². The third-order valence-corrected chi connectivity index (χ3v) is 2.06. The minimum atomic E-state index is -1.19. The lowest BCUT2D eigenvalue weighted by atomic mass is 9.92. The molecule has 4 heteroatoms. The highest BCUT2D eigenvalue weighted by Gasteiger charge is 2.37. The fraction of sp³-hybridized carbons (Fsp3) is 0.556. The SMILES string of the molecule is COC1=C(O)C(OC)C(C)(O)C=C1. The Labute approximate surface area is 77.1 Å². The molecule has 13 heavy (non-hydrogen) atoms. The van der Waals surface area contributed by atoms with Crippen LogP contribution in [0.25, 0.3) is 0 Å². The predicted octanol–water partition coefficient (Wildman–Crippen LogP) is 0.738. The number of hydrogen-bond acceptors (Lipinski definition) is 4. The first-order valence-corrected chi connectivity index (χ1v) is 3.94. The Morgan fingerprint density at radius 1 is 1.46 bits per heavy atom. The van der Waals surface area contributed by atoms with Crippen LogP contribution < -0.4 is 0 Å². The van der Waals surface area contributed by atoms with Gasteiger partial charge in [-0.3, -0.25) is 0 Å². The summed E-state index contributed by atoms with van der Waals surface area (Å²) in [5, 5.41) is 19.3. The summed E-state index contributed by atoms with van der Waals surface area (Å²) in [7, 11) is 2.87. The van der Waals surface area contributed by atoms with Crippen molar-refractivity contribution >= 4 is 0 Å². The molecular formula is C9H14O4. The smallest absolute Gasteiger partial charge is 0.167 e. The predicted molar refractivity (Wildman–Crippen MR) is 47.2 cm³/mol. The summed E-state index contributed by atoms with van der Waals surface area (Å²) in [5.41, 5.74) is -1.19. The molecule has 74 valence electrons. The molecule has 0 aromatic rings. The topological polar surface area (TPSA) is 58.9 Å². The van der Waals surface area contributed by atoms with Crippen LogP contribution in [-0.2, 0) is 9.47 Å². The average Bonchev–Trinajstić information content (AvgIpc) is 2.04. The van der Waals surface area contributed by atoms with Crippen LogP contribution in [0.5, 0.6) is 0 Å². The molecular weight excluding hydrogens is 172 g/mol. The van der Waals surface area contributed by atoms with Crippen molar-refractivity contribution in [1.29, 1.82) is 0 Å². The lowest BCUT2D eigenvalue weighted by Gasteiger charge is -2.31. The van der Waals surface area contributed by atoms with Crippen molar-refractivity contribution in [2.24, 2.45) is 0 Å². The first-order chi connectivity index (χ1) is 6.03. The summed E-state index contributed by atoms with van der Waals surface area (Å²) < 4.78 is 9.84. The minimum Gasteiger partial charge on any atom is -0.506 e. The molecule has 0 saturated heterocycles. The molecule has 0 saturated carbocycles. The summed E-state index contributed by atoms with van der Waals surface area (Å²) in [4.78, 5) is 0. The number of hydrogen-bond donors (Lipinski definition) is 2. The van der Waals surface area contributed by atoms with E-state index in [1.165, 1.54) is 26.4 Å². The van der Waals surface area contributed by atoms with Gasteiger partial charge in [-0.1, -0.05) is 0 Å². The largest absolute Gasteiger partial charge is 0.506 e. The highest BCUT2D eigenvalue weighted by molar-refractivity contribution is 5.30. The van der Waals surface area contributed by atoms with E-state index in [1.807, 2.05) is 0 Å². The van der Waals surface area contributed by atoms with Crippen LogP contribution in [0.2, 0.25) is 0 Å². The zero-order chi connectivity index (χ0) is 10.1. The molecule has 2 unspecified atom stereocenters. The second kappa shape index (κ2) is 3.40. The first-order valence-electron chi connectivity index (χ1n) is 3.94. The maximum atomic E-state index is 9.76. The van der Waals surface area contributed by atoms with Crippen molar-refractivity contribution in [3.05, 3.63) is 23.7 Å². The van der Waals surface area contributed by atoms with Gasteiger partial charge in [0, 0.05) is 7.11 Å². The Balaban J connectivity index is 3.02. The van der Waals surface area contributed by atoms with Gasteiger partial charge in [0.1, 0.15) is 11.7 Å². The molecule has 1 aliphatic carbocycles.